The van der Waals surface area contributed by atoms with E-state index in [1.807, 2.05) is 10.6 Å². The topological polar surface area (TPSA) is 585 Å². The van der Waals surface area contributed by atoms with Crippen molar-refractivity contribution in [2.45, 2.75) is 154 Å². The minimum Gasteiger partial charge on any atom is -0.481 e. The molecule has 466 valence electrons. The van der Waals surface area contributed by atoms with Crippen LogP contribution in [0.25, 0.3) is 0 Å². The Morgan fingerprint density at radius 3 is 0.939 bits per heavy atom. The van der Waals surface area contributed by atoms with E-state index in [9.17, 15) is 86.2 Å². The van der Waals surface area contributed by atoms with Crippen molar-refractivity contribution in [3.05, 3.63) is 0 Å². The van der Waals surface area contributed by atoms with Gasteiger partial charge in [-0.2, -0.15) is 12.6 Å². The third-order valence-electron chi connectivity index (χ3n) is 9.99. The third kappa shape index (κ3) is 48.1. The van der Waals surface area contributed by atoms with Gasteiger partial charge >= 0.3 is 71.8 Å². The first-order valence-electron chi connectivity index (χ1n) is 24.0. The summed E-state index contributed by atoms with van der Waals surface area (Å²) < 4.78 is 11.7. The molecule has 37 heteroatoms. The van der Waals surface area contributed by atoms with E-state index < -0.39 is 134 Å². The number of carboxylic acid groups (broad SMARTS) is 10. The molecule has 0 spiro atoms. The number of amides is 4. The number of rotatable bonds is 38. The molecule has 8 atom stereocenters. The van der Waals surface area contributed by atoms with Crippen LogP contribution in [-0.2, 0) is 71.7 Å². The van der Waals surface area contributed by atoms with E-state index in [0.29, 0.717) is 0 Å². The van der Waals surface area contributed by atoms with E-state index in [4.69, 9.17) is 63.3 Å². The maximum absolute atomic E-state index is 11.7. The number of carboxylic acids is 10. The van der Waals surface area contributed by atoms with E-state index in [-0.39, 0.29) is 124 Å². The van der Waals surface area contributed by atoms with Gasteiger partial charge in [-0.05, 0) is 78.4 Å². The number of Topliss-reactive ketones (excluding diaryl/α,β-unsaturated/α-hetero) is 4. The number of hydrogen-bond donors (Lipinski definition) is 18. The van der Waals surface area contributed by atoms with E-state index >= 15 is 0 Å². The number of nitrogens with one attached hydrogen (secondary N) is 6. The van der Waals surface area contributed by atoms with E-state index in [0.717, 1.165) is 0 Å². The molecule has 0 saturated heterocycles. The molecule has 34 nitrogen and oxygen atoms in total. The molecule has 8 unspecified atom stereocenters. The van der Waals surface area contributed by atoms with E-state index in [2.05, 4.69) is 33.9 Å². The highest BCUT2D eigenvalue weighted by atomic mass is 32.1. The Hall–Kier alpha value is -7.85. The maximum Gasteiger partial charge on any atom is 0.326 e. The van der Waals surface area contributed by atoms with Crippen LogP contribution in [0.3, 0.4) is 0 Å². The number of carbonyl (C=O) groups is 16. The van der Waals surface area contributed by atoms with Gasteiger partial charge < -0.3 is 102 Å². The molecule has 82 heavy (non-hydrogen) atoms. The van der Waals surface area contributed by atoms with Crippen molar-refractivity contribution in [1.29, 1.82) is 0 Å². The van der Waals surface area contributed by atoms with Crippen LogP contribution in [0, 0.1) is 5.92 Å². The summed E-state index contributed by atoms with van der Waals surface area (Å²) in [5.74, 6) is -14.4. The van der Waals surface area contributed by atoms with Gasteiger partial charge in [-0.15, -0.1) is 0 Å². The minimum absolute atomic E-state index is 0.000644. The van der Waals surface area contributed by atoms with Crippen molar-refractivity contribution < 1.29 is 137 Å². The largest absolute Gasteiger partial charge is 0.481 e. The Bertz CT molecular complexity index is 2160. The molecule has 0 aliphatic heterocycles. The van der Waals surface area contributed by atoms with Crippen LogP contribution in [-0.4, -0.2) is 210 Å². The first-order chi connectivity index (χ1) is 37.7. The molecule has 0 aromatic rings. The van der Waals surface area contributed by atoms with Crippen LogP contribution in [0.4, 0.5) is 9.59 Å². The van der Waals surface area contributed by atoms with Gasteiger partial charge in [0, 0.05) is 75.5 Å². The summed E-state index contributed by atoms with van der Waals surface area (Å²) in [5.41, 5.74) is 0. The van der Waals surface area contributed by atoms with Crippen LogP contribution in [0.15, 0.2) is 0 Å². The van der Waals surface area contributed by atoms with Gasteiger partial charge in [0.1, 0.15) is 53.3 Å². The van der Waals surface area contributed by atoms with Crippen molar-refractivity contribution in [3.8, 4) is 0 Å². The Balaban J connectivity index is -0.000000496. The summed E-state index contributed by atoms with van der Waals surface area (Å²) in [5, 5.41) is 100. The summed E-state index contributed by atoms with van der Waals surface area (Å²) in [4.78, 5) is 183. The standard InChI is InChI=1S/C12H18N2O8.C12H18N2O7S.C11H18N2O6S.C10H17O7P/c2*1-6(15)2-3-7(10(18)19)13-12(22)14-8(11(20)21)4-5-9(16)17;1-6(14)4-7(5-20)12-11(19)13-8(10(17)18)2-3-9(15)16;1-7(11)4-5-18(16,17)6-8(10(14)15)2-3-9(12)13/h2*7-8H,2-5H2,1H3,(H,16,17)(H,18,19)(H,20,21)(H2,13,14,22);7-8,20H,2-5H2,1H3,(H,15,16)(H,17,18)(H2,12,13,19);8H,2-6H2,1H3,(H,12,13)(H,14,15)(H,16,17). The van der Waals surface area contributed by atoms with Gasteiger partial charge in [-0.1, -0.05) is 0 Å². The zero-order chi connectivity index (χ0) is 64.6. The molecule has 0 aromatic heterocycles. The molecular formula is C45H71N6O28PS2. The molecule has 17 N–H and O–H groups in total. The van der Waals surface area contributed by atoms with Crippen molar-refractivity contribution in [2.75, 3.05) is 18.1 Å². The molecule has 0 radical (unpaired) electrons. The number of thiocarbonyl (C=S) groups is 1. The average molecular weight is 1240 g/mol. The molecule has 0 heterocycles. The highest BCUT2D eigenvalue weighted by Crippen LogP contribution is 2.44. The fraction of sp³-hybridized carbons (Fsp3) is 0.622. The third-order valence-corrected chi connectivity index (χ3v) is 12.6. The first kappa shape index (κ1) is 80.6. The molecule has 0 saturated carbocycles. The highest BCUT2D eigenvalue weighted by Gasteiger charge is 2.30. The predicted octanol–water partition coefficient (Wildman–Crippen LogP) is -0.301. The zero-order valence-corrected chi connectivity index (χ0v) is 47.3. The lowest BCUT2D eigenvalue weighted by Crippen LogP contribution is -2.51. The molecule has 0 aliphatic carbocycles. The van der Waals surface area contributed by atoms with Crippen LogP contribution in [0.2, 0.25) is 0 Å². The monoisotopic (exact) mass is 1240 g/mol. The smallest absolute Gasteiger partial charge is 0.326 e. The fourth-order valence-electron chi connectivity index (χ4n) is 5.75. The second-order valence-electron chi connectivity index (χ2n) is 17.5. The second kappa shape index (κ2) is 43.9. The SMILES string of the molecule is CC(=O)CC(CS)NC(=O)NC(CCC(=O)O)C(=O)O.CC(=O)CCC(NC(=O)NC(CCC(=O)O)C(=O)O)C(=O)O.CC(=O)CCC(NC(=S)NC(CCC(=O)O)C(=O)O)C(=O)O.CC(=O)CCP(=O)(O)CC(CCC(=O)O)C(=O)O. The molecule has 0 aliphatic rings. The van der Waals surface area contributed by atoms with Crippen molar-refractivity contribution in [1.82, 2.24) is 31.9 Å². The van der Waals surface area contributed by atoms with Crippen LogP contribution >= 0.6 is 32.2 Å². The molecule has 4 amide bonds. The number of aliphatic carboxylic acids is 10. The summed E-state index contributed by atoms with van der Waals surface area (Å²) in [6, 6.07) is -8.85. The summed E-state index contributed by atoms with van der Waals surface area (Å²) >= 11 is 8.80. The van der Waals surface area contributed by atoms with Gasteiger partial charge in [-0.3, -0.25) is 33.3 Å². The van der Waals surface area contributed by atoms with Crippen molar-refractivity contribution in [3.63, 3.8) is 0 Å². The van der Waals surface area contributed by atoms with Crippen molar-refractivity contribution in [2.24, 2.45) is 5.92 Å². The lowest BCUT2D eigenvalue weighted by atomic mass is 10.1. The van der Waals surface area contributed by atoms with Gasteiger partial charge in [-0.25, -0.2) is 33.6 Å². The predicted molar refractivity (Wildman–Crippen MR) is 286 cm³/mol. The second-order valence-corrected chi connectivity index (χ2v) is 20.8. The van der Waals surface area contributed by atoms with Gasteiger partial charge in [0.05, 0.1) is 5.92 Å². The normalized spacial score (nSPS) is 13.5. The Morgan fingerprint density at radius 1 is 0.402 bits per heavy atom. The highest BCUT2D eigenvalue weighted by molar-refractivity contribution is 7.80. The van der Waals surface area contributed by atoms with E-state index in [1.165, 1.54) is 27.7 Å². The van der Waals surface area contributed by atoms with E-state index in [1.54, 1.807) is 0 Å². The van der Waals surface area contributed by atoms with Crippen LogP contribution in [0.1, 0.15) is 118 Å². The summed E-state index contributed by atoms with van der Waals surface area (Å²) in [6.45, 7) is 5.23. The number of carbonyl (C=O) groups excluding carboxylic acids is 6. The lowest BCUT2D eigenvalue weighted by molar-refractivity contribution is -0.143. The maximum atomic E-state index is 11.7. The number of hydrogen-bond acceptors (Lipinski definition) is 19. The van der Waals surface area contributed by atoms with Gasteiger partial charge in [0.15, 0.2) is 5.11 Å². The summed E-state index contributed by atoms with van der Waals surface area (Å²) in [7, 11) is -3.71. The summed E-state index contributed by atoms with van der Waals surface area (Å²) in [6.07, 6.45) is -3.48. The zero-order valence-electron chi connectivity index (χ0n) is 44.7. The number of thiol groups is 1. The average Bonchev–Trinajstić information content (AvgIpc) is 3.33. The van der Waals surface area contributed by atoms with Crippen LogP contribution in [0.5, 0.6) is 0 Å². The Kier molecular flexibility index (Phi) is 43.2. The van der Waals surface area contributed by atoms with Gasteiger partial charge in [0.25, 0.3) is 0 Å². The lowest BCUT2D eigenvalue weighted by Gasteiger charge is -2.20. The molecular weight excluding hydrogens is 1170 g/mol. The van der Waals surface area contributed by atoms with Gasteiger partial charge in [0.2, 0.25) is 7.37 Å². The molecule has 0 aromatic carbocycles. The first-order valence-corrected chi connectivity index (χ1v) is 27.1. The quantitative estimate of drug-likeness (QED) is 0.0214. The van der Waals surface area contributed by atoms with Crippen LogP contribution < -0.4 is 31.9 Å². The fourth-order valence-corrected chi connectivity index (χ4v) is 8.13. The molecule has 0 rings (SSSR count). The van der Waals surface area contributed by atoms with Crippen molar-refractivity contribution >= 4 is 132 Å². The number of ketones is 4. The molecule has 0 fully saturated rings. The Morgan fingerprint density at radius 2 is 0.683 bits per heavy atom. The Labute approximate surface area is 477 Å². The number of urea groups is 2. The minimum atomic E-state index is -3.71. The molecule has 0 bridgehead atoms.